The van der Waals surface area contributed by atoms with Gasteiger partial charge in [-0.1, -0.05) is 72.8 Å². The molecule has 0 aliphatic rings. The Morgan fingerprint density at radius 3 is 2.18 bits per heavy atom. The number of nitrogens with zero attached hydrogens (tertiary/aromatic N) is 1. The van der Waals surface area contributed by atoms with E-state index < -0.39 is 5.63 Å². The first-order valence-corrected chi connectivity index (χ1v) is 11.0. The van der Waals surface area contributed by atoms with E-state index in [2.05, 4.69) is 29.2 Å². The highest BCUT2D eigenvalue weighted by Crippen LogP contribution is 2.44. The average Bonchev–Trinajstić information content (AvgIpc) is 2.90. The smallest absolute Gasteiger partial charge is 0.344 e. The van der Waals surface area contributed by atoms with Crippen LogP contribution in [-0.2, 0) is 0 Å². The van der Waals surface area contributed by atoms with Gasteiger partial charge in [-0.3, -0.25) is 4.98 Å². The minimum Gasteiger partial charge on any atom is -0.507 e. The number of aromatic hydroxyl groups is 1. The molecule has 0 aliphatic heterocycles. The lowest BCUT2D eigenvalue weighted by Crippen LogP contribution is -2.04. The SMILES string of the molecule is O=c1oc(-c2ccccn2)c(-c2c(O)ccc3ccc(-c4ccccc4)cc23)c2ccccc12. The highest BCUT2D eigenvalue weighted by molar-refractivity contribution is 6.11. The Morgan fingerprint density at radius 1 is 0.647 bits per heavy atom. The minimum absolute atomic E-state index is 0.105. The molecule has 0 fully saturated rings. The highest BCUT2D eigenvalue weighted by atomic mass is 16.4. The van der Waals surface area contributed by atoms with Crippen LogP contribution in [0.2, 0.25) is 0 Å². The number of hydrogen-bond acceptors (Lipinski definition) is 4. The Hall–Kier alpha value is -4.70. The number of benzene rings is 4. The van der Waals surface area contributed by atoms with Crippen molar-refractivity contribution in [1.82, 2.24) is 4.98 Å². The van der Waals surface area contributed by atoms with Crippen molar-refractivity contribution in [3.05, 3.63) is 120 Å². The first-order chi connectivity index (χ1) is 16.7. The Labute approximate surface area is 195 Å². The van der Waals surface area contributed by atoms with Gasteiger partial charge in [0.15, 0.2) is 5.76 Å². The number of phenolic OH excluding ortho intramolecular Hbond substituents is 1. The molecule has 0 aliphatic carbocycles. The molecule has 6 rings (SSSR count). The largest absolute Gasteiger partial charge is 0.507 e. The quantitative estimate of drug-likeness (QED) is 0.320. The van der Waals surface area contributed by atoms with Gasteiger partial charge in [-0.05, 0) is 52.2 Å². The second-order valence-electron chi connectivity index (χ2n) is 8.12. The van der Waals surface area contributed by atoms with Gasteiger partial charge in [0.2, 0.25) is 0 Å². The van der Waals surface area contributed by atoms with E-state index in [1.165, 1.54) is 0 Å². The molecule has 4 nitrogen and oxygen atoms in total. The van der Waals surface area contributed by atoms with Crippen molar-refractivity contribution in [3.63, 3.8) is 0 Å². The number of fused-ring (bicyclic) bond motifs is 2. The fourth-order valence-corrected chi connectivity index (χ4v) is 4.51. The Balaban J connectivity index is 1.76. The van der Waals surface area contributed by atoms with E-state index >= 15 is 0 Å². The van der Waals surface area contributed by atoms with Gasteiger partial charge in [-0.25, -0.2) is 4.79 Å². The molecule has 34 heavy (non-hydrogen) atoms. The molecule has 2 heterocycles. The zero-order valence-corrected chi connectivity index (χ0v) is 18.1. The van der Waals surface area contributed by atoms with E-state index in [1.54, 1.807) is 30.5 Å². The summed E-state index contributed by atoms with van der Waals surface area (Å²) in [6.07, 6.45) is 1.66. The fraction of sp³-hybridized carbons (Fsp3) is 0. The van der Waals surface area contributed by atoms with Gasteiger partial charge in [0.25, 0.3) is 0 Å². The molecule has 0 unspecified atom stereocenters. The molecule has 0 atom stereocenters. The normalized spacial score (nSPS) is 11.2. The second kappa shape index (κ2) is 8.01. The van der Waals surface area contributed by atoms with Crippen molar-refractivity contribution in [2.24, 2.45) is 0 Å². The van der Waals surface area contributed by atoms with E-state index in [0.717, 1.165) is 21.9 Å². The summed E-state index contributed by atoms with van der Waals surface area (Å²) in [4.78, 5) is 17.3. The summed E-state index contributed by atoms with van der Waals surface area (Å²) in [7, 11) is 0. The van der Waals surface area contributed by atoms with Gasteiger partial charge < -0.3 is 9.52 Å². The molecule has 0 spiro atoms. The number of phenols is 1. The van der Waals surface area contributed by atoms with Crippen LogP contribution in [0, 0.1) is 0 Å². The molecule has 6 aromatic rings. The van der Waals surface area contributed by atoms with Crippen molar-refractivity contribution >= 4 is 21.5 Å². The second-order valence-corrected chi connectivity index (χ2v) is 8.12. The van der Waals surface area contributed by atoms with Gasteiger partial charge >= 0.3 is 5.63 Å². The van der Waals surface area contributed by atoms with E-state index in [-0.39, 0.29) is 5.75 Å². The van der Waals surface area contributed by atoms with Gasteiger partial charge in [0.05, 0.1) is 5.39 Å². The van der Waals surface area contributed by atoms with Gasteiger partial charge in [0.1, 0.15) is 11.4 Å². The summed E-state index contributed by atoms with van der Waals surface area (Å²) in [5, 5.41) is 14.2. The van der Waals surface area contributed by atoms with E-state index in [1.807, 2.05) is 54.6 Å². The molecular formula is C30H19NO3. The highest BCUT2D eigenvalue weighted by Gasteiger charge is 2.22. The standard InChI is InChI=1S/C30H19NO3/c32-26-16-15-20-13-14-21(19-8-2-1-3-9-19)18-24(20)27(26)28-22-10-4-5-11-23(22)30(33)34-29(28)25-12-6-7-17-31-25/h1-18,32H. The predicted molar refractivity (Wildman–Crippen MR) is 136 cm³/mol. The Kier molecular flexibility index (Phi) is 4.70. The van der Waals surface area contributed by atoms with Crippen LogP contribution in [0.5, 0.6) is 5.75 Å². The number of pyridine rings is 1. The van der Waals surface area contributed by atoms with Gasteiger partial charge in [-0.2, -0.15) is 0 Å². The van der Waals surface area contributed by atoms with Crippen molar-refractivity contribution < 1.29 is 9.52 Å². The van der Waals surface area contributed by atoms with Crippen molar-refractivity contribution in [2.75, 3.05) is 0 Å². The molecule has 0 saturated carbocycles. The fourth-order valence-electron chi connectivity index (χ4n) is 4.51. The van der Waals surface area contributed by atoms with Crippen LogP contribution >= 0.6 is 0 Å². The molecular weight excluding hydrogens is 422 g/mol. The lowest BCUT2D eigenvalue weighted by Gasteiger charge is -2.16. The van der Waals surface area contributed by atoms with Crippen LogP contribution in [-0.4, -0.2) is 10.1 Å². The summed E-state index contributed by atoms with van der Waals surface area (Å²) >= 11 is 0. The maximum atomic E-state index is 12.9. The number of hydrogen-bond donors (Lipinski definition) is 1. The first-order valence-electron chi connectivity index (χ1n) is 11.0. The maximum absolute atomic E-state index is 12.9. The summed E-state index contributed by atoms with van der Waals surface area (Å²) in [5.74, 6) is 0.436. The lowest BCUT2D eigenvalue weighted by molar-refractivity contribution is 0.477. The molecule has 1 N–H and O–H groups in total. The van der Waals surface area contributed by atoms with Crippen molar-refractivity contribution in [3.8, 4) is 39.5 Å². The molecule has 4 heteroatoms. The molecule has 0 amide bonds. The topological polar surface area (TPSA) is 63.3 Å². The molecule has 162 valence electrons. The lowest BCUT2D eigenvalue weighted by atomic mass is 9.90. The maximum Gasteiger partial charge on any atom is 0.344 e. The van der Waals surface area contributed by atoms with E-state index in [9.17, 15) is 9.90 Å². The Morgan fingerprint density at radius 2 is 1.38 bits per heavy atom. The van der Waals surface area contributed by atoms with Crippen LogP contribution in [0.4, 0.5) is 0 Å². The van der Waals surface area contributed by atoms with Crippen molar-refractivity contribution in [2.45, 2.75) is 0 Å². The third kappa shape index (κ3) is 3.24. The molecule has 2 aromatic heterocycles. The summed E-state index contributed by atoms with van der Waals surface area (Å²) in [6, 6.07) is 32.6. The third-order valence-corrected chi connectivity index (χ3v) is 6.09. The van der Waals surface area contributed by atoms with Crippen LogP contribution in [0.3, 0.4) is 0 Å². The average molecular weight is 441 g/mol. The molecule has 0 bridgehead atoms. The van der Waals surface area contributed by atoms with Crippen molar-refractivity contribution in [1.29, 1.82) is 0 Å². The summed E-state index contributed by atoms with van der Waals surface area (Å²) in [6.45, 7) is 0. The van der Waals surface area contributed by atoms with Crippen LogP contribution < -0.4 is 5.63 Å². The van der Waals surface area contributed by atoms with E-state index in [0.29, 0.717) is 33.4 Å². The Bertz CT molecular complexity index is 1720. The van der Waals surface area contributed by atoms with Gasteiger partial charge in [0, 0.05) is 22.7 Å². The molecule has 0 saturated heterocycles. The summed E-state index contributed by atoms with van der Waals surface area (Å²) < 4.78 is 5.85. The molecule has 4 aromatic carbocycles. The third-order valence-electron chi connectivity index (χ3n) is 6.09. The van der Waals surface area contributed by atoms with Crippen LogP contribution in [0.25, 0.3) is 55.3 Å². The summed E-state index contributed by atoms with van der Waals surface area (Å²) in [5.41, 5.74) is 3.44. The van der Waals surface area contributed by atoms with Gasteiger partial charge in [-0.15, -0.1) is 0 Å². The number of aromatic nitrogens is 1. The molecule has 0 radical (unpaired) electrons. The monoisotopic (exact) mass is 441 g/mol. The first kappa shape index (κ1) is 19.9. The van der Waals surface area contributed by atoms with Crippen LogP contribution in [0.15, 0.2) is 119 Å². The van der Waals surface area contributed by atoms with Crippen LogP contribution in [0.1, 0.15) is 0 Å². The number of rotatable bonds is 3. The minimum atomic E-state index is -0.440. The zero-order chi connectivity index (χ0) is 23.1. The predicted octanol–water partition coefficient (Wildman–Crippen LogP) is 7.05. The van der Waals surface area contributed by atoms with E-state index in [4.69, 9.17) is 4.42 Å². The zero-order valence-electron chi connectivity index (χ0n) is 18.1.